The molecule has 0 aromatic heterocycles. The van der Waals surface area contributed by atoms with Gasteiger partial charge in [-0.2, -0.15) is 0 Å². The van der Waals surface area contributed by atoms with E-state index in [1.807, 2.05) is 13.8 Å². The van der Waals surface area contributed by atoms with Crippen molar-refractivity contribution in [2.24, 2.45) is 11.8 Å². The minimum Gasteiger partial charge on any atom is -0.394 e. The molecule has 0 saturated heterocycles. The largest absolute Gasteiger partial charge is 0.394 e. The summed E-state index contributed by atoms with van der Waals surface area (Å²) in [6.45, 7) is 7.98. The fourth-order valence-corrected chi connectivity index (χ4v) is 1.20. The quantitative estimate of drug-likeness (QED) is 0.685. The second-order valence-corrected chi connectivity index (χ2v) is 4.29. The predicted octanol–water partition coefficient (Wildman–Crippen LogP) is 1.56. The molecular formula is C11H23NO2. The monoisotopic (exact) mass is 201 g/mol. The Morgan fingerprint density at radius 2 is 1.93 bits per heavy atom. The Bertz CT molecular complexity index is 169. The van der Waals surface area contributed by atoms with Gasteiger partial charge in [0.25, 0.3) is 0 Å². The highest BCUT2D eigenvalue weighted by Crippen LogP contribution is 2.10. The van der Waals surface area contributed by atoms with Crippen molar-refractivity contribution >= 4 is 5.91 Å². The summed E-state index contributed by atoms with van der Waals surface area (Å²) < 4.78 is 0. The first-order valence-electron chi connectivity index (χ1n) is 5.42. The molecule has 14 heavy (non-hydrogen) atoms. The van der Waals surface area contributed by atoms with Crippen LogP contribution in [0.25, 0.3) is 0 Å². The molecule has 0 aliphatic heterocycles. The van der Waals surface area contributed by atoms with Gasteiger partial charge in [-0.15, -0.1) is 0 Å². The third-order valence-electron chi connectivity index (χ3n) is 2.47. The molecule has 2 unspecified atom stereocenters. The van der Waals surface area contributed by atoms with Crippen molar-refractivity contribution in [2.45, 2.75) is 46.6 Å². The molecule has 0 aliphatic rings. The molecule has 0 radical (unpaired) electrons. The second-order valence-electron chi connectivity index (χ2n) is 4.29. The molecule has 0 fully saturated rings. The second kappa shape index (κ2) is 6.82. The van der Waals surface area contributed by atoms with Gasteiger partial charge >= 0.3 is 0 Å². The summed E-state index contributed by atoms with van der Waals surface area (Å²) in [7, 11) is 0. The molecule has 0 bridgehead atoms. The maximum absolute atomic E-state index is 11.4. The maximum atomic E-state index is 11.4. The van der Waals surface area contributed by atoms with Crippen LogP contribution in [-0.4, -0.2) is 23.7 Å². The van der Waals surface area contributed by atoms with Crippen molar-refractivity contribution in [3.8, 4) is 0 Å². The zero-order chi connectivity index (χ0) is 11.1. The fraction of sp³-hybridized carbons (Fsp3) is 0.909. The van der Waals surface area contributed by atoms with Crippen LogP contribution in [0.2, 0.25) is 0 Å². The van der Waals surface area contributed by atoms with E-state index in [0.717, 1.165) is 12.8 Å². The highest BCUT2D eigenvalue weighted by molar-refractivity contribution is 5.78. The summed E-state index contributed by atoms with van der Waals surface area (Å²) in [5.74, 6) is 0.549. The van der Waals surface area contributed by atoms with Crippen LogP contribution in [0.4, 0.5) is 0 Å². The smallest absolute Gasteiger partial charge is 0.222 e. The number of amides is 1. The topological polar surface area (TPSA) is 49.3 Å². The van der Waals surface area contributed by atoms with E-state index in [1.54, 1.807) is 0 Å². The molecule has 3 heteroatoms. The van der Waals surface area contributed by atoms with E-state index in [0.29, 0.717) is 5.92 Å². The lowest BCUT2D eigenvalue weighted by atomic mass is 9.99. The molecular weight excluding hydrogens is 178 g/mol. The zero-order valence-corrected chi connectivity index (χ0v) is 9.71. The van der Waals surface area contributed by atoms with E-state index >= 15 is 0 Å². The van der Waals surface area contributed by atoms with Crippen molar-refractivity contribution in [3.63, 3.8) is 0 Å². The number of aliphatic hydroxyl groups is 1. The number of carbonyl (C=O) groups excluding carboxylic acids is 1. The Kier molecular flexibility index (Phi) is 6.54. The normalized spacial score (nSPS) is 15.3. The van der Waals surface area contributed by atoms with Crippen molar-refractivity contribution < 1.29 is 9.90 Å². The fourth-order valence-electron chi connectivity index (χ4n) is 1.20. The van der Waals surface area contributed by atoms with E-state index in [-0.39, 0.29) is 24.5 Å². The van der Waals surface area contributed by atoms with Crippen LogP contribution in [0.1, 0.15) is 40.5 Å². The number of hydrogen-bond donors (Lipinski definition) is 2. The Morgan fingerprint density at radius 1 is 1.36 bits per heavy atom. The van der Waals surface area contributed by atoms with Crippen LogP contribution in [0.3, 0.4) is 0 Å². The lowest BCUT2D eigenvalue weighted by Crippen LogP contribution is -2.40. The van der Waals surface area contributed by atoms with Crippen molar-refractivity contribution in [3.05, 3.63) is 0 Å². The number of carbonyl (C=O) groups is 1. The molecule has 0 aliphatic carbocycles. The average molecular weight is 201 g/mol. The molecule has 84 valence electrons. The third kappa shape index (κ3) is 5.22. The van der Waals surface area contributed by atoms with E-state index in [2.05, 4.69) is 19.2 Å². The summed E-state index contributed by atoms with van der Waals surface area (Å²) in [5.41, 5.74) is 0. The highest BCUT2D eigenvalue weighted by atomic mass is 16.3. The summed E-state index contributed by atoms with van der Waals surface area (Å²) in [6, 6.07) is -0.0835. The predicted molar refractivity (Wildman–Crippen MR) is 57.9 cm³/mol. The number of nitrogens with one attached hydrogen (secondary N) is 1. The number of aliphatic hydroxyl groups excluding tert-OH is 1. The van der Waals surface area contributed by atoms with Gasteiger partial charge in [-0.05, 0) is 12.3 Å². The first-order chi connectivity index (χ1) is 6.51. The van der Waals surface area contributed by atoms with Crippen LogP contribution in [0.5, 0.6) is 0 Å². The van der Waals surface area contributed by atoms with Gasteiger partial charge in [0.05, 0.1) is 12.6 Å². The summed E-state index contributed by atoms with van der Waals surface area (Å²) in [5, 5.41) is 11.9. The van der Waals surface area contributed by atoms with E-state index < -0.39 is 0 Å². The van der Waals surface area contributed by atoms with E-state index in [9.17, 15) is 4.79 Å². The molecule has 2 atom stereocenters. The molecule has 0 rings (SSSR count). The SMILES string of the molecule is CCC(C)CC(CO)NC(=O)C(C)C. The Labute approximate surface area is 86.9 Å². The number of hydrogen-bond acceptors (Lipinski definition) is 2. The van der Waals surface area contributed by atoms with Crippen LogP contribution in [-0.2, 0) is 4.79 Å². The van der Waals surface area contributed by atoms with Crippen LogP contribution in [0, 0.1) is 11.8 Å². The first kappa shape index (κ1) is 13.4. The molecule has 0 aromatic carbocycles. The molecule has 2 N–H and O–H groups in total. The van der Waals surface area contributed by atoms with Crippen molar-refractivity contribution in [1.29, 1.82) is 0 Å². The maximum Gasteiger partial charge on any atom is 0.222 e. The molecule has 0 heterocycles. The third-order valence-corrected chi connectivity index (χ3v) is 2.47. The van der Waals surface area contributed by atoms with Crippen LogP contribution < -0.4 is 5.32 Å². The molecule has 0 saturated carbocycles. The standard InChI is InChI=1S/C11H23NO2/c1-5-9(4)6-10(7-13)12-11(14)8(2)3/h8-10,13H,5-7H2,1-4H3,(H,12,14). The van der Waals surface area contributed by atoms with Crippen molar-refractivity contribution in [1.82, 2.24) is 5.32 Å². The summed E-state index contributed by atoms with van der Waals surface area (Å²) >= 11 is 0. The molecule has 3 nitrogen and oxygen atoms in total. The van der Waals surface area contributed by atoms with E-state index in [4.69, 9.17) is 5.11 Å². The molecule has 0 aromatic rings. The first-order valence-corrected chi connectivity index (χ1v) is 5.42. The van der Waals surface area contributed by atoms with Crippen molar-refractivity contribution in [2.75, 3.05) is 6.61 Å². The van der Waals surface area contributed by atoms with Gasteiger partial charge in [-0.1, -0.05) is 34.1 Å². The zero-order valence-electron chi connectivity index (χ0n) is 9.71. The van der Waals surface area contributed by atoms with Gasteiger partial charge < -0.3 is 10.4 Å². The molecule has 1 amide bonds. The van der Waals surface area contributed by atoms with E-state index in [1.165, 1.54) is 0 Å². The lowest BCUT2D eigenvalue weighted by molar-refractivity contribution is -0.125. The van der Waals surface area contributed by atoms with Crippen LogP contribution >= 0.6 is 0 Å². The minimum atomic E-state index is -0.0835. The average Bonchev–Trinajstić information content (AvgIpc) is 2.16. The lowest BCUT2D eigenvalue weighted by Gasteiger charge is -2.20. The summed E-state index contributed by atoms with van der Waals surface area (Å²) in [4.78, 5) is 11.4. The highest BCUT2D eigenvalue weighted by Gasteiger charge is 2.15. The Balaban J connectivity index is 3.96. The summed E-state index contributed by atoms with van der Waals surface area (Å²) in [6.07, 6.45) is 1.93. The Hall–Kier alpha value is -0.570. The number of rotatable bonds is 6. The van der Waals surface area contributed by atoms with Crippen LogP contribution in [0.15, 0.2) is 0 Å². The minimum absolute atomic E-state index is 0.0130. The van der Waals surface area contributed by atoms with Gasteiger partial charge in [0.1, 0.15) is 0 Å². The van der Waals surface area contributed by atoms with Gasteiger partial charge in [-0.3, -0.25) is 4.79 Å². The van der Waals surface area contributed by atoms with Gasteiger partial charge in [0.2, 0.25) is 5.91 Å². The Morgan fingerprint density at radius 3 is 2.29 bits per heavy atom. The van der Waals surface area contributed by atoms with Gasteiger partial charge in [-0.25, -0.2) is 0 Å². The van der Waals surface area contributed by atoms with Gasteiger partial charge in [0, 0.05) is 5.92 Å². The molecule has 0 spiro atoms. The van der Waals surface area contributed by atoms with Gasteiger partial charge in [0.15, 0.2) is 0 Å².